The molecular formula is C29H36N6O3. The molecule has 3 aliphatic heterocycles. The Labute approximate surface area is 223 Å². The van der Waals surface area contributed by atoms with Crippen molar-refractivity contribution in [3.05, 3.63) is 78.5 Å². The second-order valence-corrected chi connectivity index (χ2v) is 10.3. The van der Waals surface area contributed by atoms with E-state index in [0.717, 1.165) is 42.0 Å². The highest BCUT2D eigenvalue weighted by Crippen LogP contribution is 2.39. The summed E-state index contributed by atoms with van der Waals surface area (Å²) in [5.74, 6) is 1.19. The first-order chi connectivity index (χ1) is 18.4. The van der Waals surface area contributed by atoms with Crippen LogP contribution in [-0.4, -0.2) is 78.5 Å². The molecule has 0 radical (unpaired) electrons. The molecular weight excluding hydrogens is 480 g/mol. The second kappa shape index (κ2) is 11.4. The van der Waals surface area contributed by atoms with E-state index in [1.807, 2.05) is 84.6 Å². The van der Waals surface area contributed by atoms with Crippen molar-refractivity contribution in [3.63, 3.8) is 0 Å². The molecule has 200 valence electrons. The first-order valence-electron chi connectivity index (χ1n) is 13.1. The van der Waals surface area contributed by atoms with Gasteiger partial charge in [-0.2, -0.15) is 0 Å². The summed E-state index contributed by atoms with van der Waals surface area (Å²) in [7, 11) is 3.94. The number of amides is 2. The first kappa shape index (κ1) is 26.0. The number of nitrogens with one attached hydrogen (secondary N) is 2. The molecule has 2 fully saturated rings. The summed E-state index contributed by atoms with van der Waals surface area (Å²) in [6.45, 7) is 2.02. The third-order valence-electron chi connectivity index (χ3n) is 7.36. The van der Waals surface area contributed by atoms with E-state index in [-0.39, 0.29) is 23.8 Å². The molecule has 2 saturated heterocycles. The number of hydrogen-bond donors (Lipinski definition) is 3. The first-order valence-corrected chi connectivity index (χ1v) is 13.1. The number of hydrazine groups is 1. The van der Waals surface area contributed by atoms with Crippen LogP contribution in [0.1, 0.15) is 18.4 Å². The fraction of sp³-hybridized carbons (Fsp3) is 0.379. The normalized spacial score (nSPS) is 25.1. The second-order valence-electron chi connectivity index (χ2n) is 10.3. The highest BCUT2D eigenvalue weighted by Gasteiger charge is 2.47. The molecule has 0 saturated carbocycles. The van der Waals surface area contributed by atoms with Crippen LogP contribution >= 0.6 is 0 Å². The third-order valence-corrected chi connectivity index (χ3v) is 7.36. The maximum absolute atomic E-state index is 13.0. The third kappa shape index (κ3) is 5.60. The van der Waals surface area contributed by atoms with Gasteiger partial charge in [0, 0.05) is 43.9 Å². The number of rotatable bonds is 8. The number of nitrogens with zero attached hydrogens (tertiary/aromatic N) is 3. The van der Waals surface area contributed by atoms with Crippen LogP contribution in [0.15, 0.2) is 72.9 Å². The lowest BCUT2D eigenvalue weighted by atomic mass is 9.86. The number of carbonyl (C=O) groups excluding carboxylic acids is 2. The van der Waals surface area contributed by atoms with E-state index in [4.69, 9.17) is 10.5 Å². The minimum atomic E-state index is -0.441. The van der Waals surface area contributed by atoms with Crippen LogP contribution in [0.25, 0.3) is 5.57 Å². The van der Waals surface area contributed by atoms with Crippen molar-refractivity contribution in [2.24, 2.45) is 11.7 Å². The van der Waals surface area contributed by atoms with Gasteiger partial charge in [0.2, 0.25) is 5.91 Å². The fourth-order valence-electron chi connectivity index (χ4n) is 5.54. The van der Waals surface area contributed by atoms with Crippen LogP contribution in [0, 0.1) is 5.92 Å². The smallest absolute Gasteiger partial charge is 0.257 e. The highest BCUT2D eigenvalue weighted by atomic mass is 16.5. The number of para-hydroxylation sites is 1. The molecule has 2 aromatic carbocycles. The zero-order valence-electron chi connectivity index (χ0n) is 21.9. The monoisotopic (exact) mass is 516 g/mol. The van der Waals surface area contributed by atoms with Crippen LogP contribution in [0.4, 0.5) is 0 Å². The highest BCUT2D eigenvalue weighted by molar-refractivity contribution is 5.89. The lowest BCUT2D eigenvalue weighted by Gasteiger charge is -2.38. The average molecular weight is 517 g/mol. The van der Waals surface area contributed by atoms with Gasteiger partial charge in [0.15, 0.2) is 0 Å². The average Bonchev–Trinajstić information content (AvgIpc) is 3.53. The van der Waals surface area contributed by atoms with Gasteiger partial charge in [-0.3, -0.25) is 15.0 Å². The number of likely N-dealkylation sites (tertiary alicyclic amines) is 1. The van der Waals surface area contributed by atoms with E-state index in [2.05, 4.69) is 22.0 Å². The zero-order chi connectivity index (χ0) is 26.6. The van der Waals surface area contributed by atoms with Crippen LogP contribution in [0.5, 0.6) is 11.5 Å². The number of fused-ring (bicyclic) bond motifs is 1. The maximum Gasteiger partial charge on any atom is 0.257 e. The molecule has 0 aliphatic carbocycles. The molecule has 2 aromatic rings. The molecule has 4 N–H and O–H groups in total. The van der Waals surface area contributed by atoms with Gasteiger partial charge in [-0.25, -0.2) is 5.43 Å². The Morgan fingerprint density at radius 1 is 1.13 bits per heavy atom. The van der Waals surface area contributed by atoms with E-state index in [1.54, 1.807) is 6.08 Å². The Balaban J connectivity index is 1.35. The number of likely N-dealkylation sites (N-methyl/N-ethyl adjacent to an activating group) is 1. The van der Waals surface area contributed by atoms with E-state index in [9.17, 15) is 9.59 Å². The van der Waals surface area contributed by atoms with E-state index in [1.165, 1.54) is 0 Å². The number of nitrogens with two attached hydrogens (primary N) is 1. The summed E-state index contributed by atoms with van der Waals surface area (Å²) in [4.78, 5) is 32.0. The molecule has 3 unspecified atom stereocenters. The van der Waals surface area contributed by atoms with E-state index in [0.29, 0.717) is 13.1 Å². The summed E-state index contributed by atoms with van der Waals surface area (Å²) in [6, 6.07) is 17.1. The predicted octanol–water partition coefficient (Wildman–Crippen LogP) is 2.15. The summed E-state index contributed by atoms with van der Waals surface area (Å²) in [5, 5.41) is 0. The van der Waals surface area contributed by atoms with Crippen molar-refractivity contribution >= 4 is 17.4 Å². The van der Waals surface area contributed by atoms with Gasteiger partial charge in [0.1, 0.15) is 17.5 Å². The zero-order valence-corrected chi connectivity index (χ0v) is 21.9. The SMILES string of the molecule is CN(C)C/C=C/C(=O)N1CCC[C@H]1CN1C=C(c2ccc(Oc3ccccc3)cc2)C2C(N)NNC(=O)C21. The van der Waals surface area contributed by atoms with Gasteiger partial charge >= 0.3 is 0 Å². The molecule has 3 aliphatic rings. The Morgan fingerprint density at radius 2 is 1.87 bits per heavy atom. The van der Waals surface area contributed by atoms with E-state index < -0.39 is 12.2 Å². The predicted molar refractivity (Wildman–Crippen MR) is 147 cm³/mol. The largest absolute Gasteiger partial charge is 0.457 e. The quantitative estimate of drug-likeness (QED) is 0.462. The van der Waals surface area contributed by atoms with Crippen LogP contribution in [0.3, 0.4) is 0 Å². The number of carbonyl (C=O) groups is 2. The number of benzene rings is 2. The van der Waals surface area contributed by atoms with Crippen molar-refractivity contribution in [2.45, 2.75) is 31.1 Å². The maximum atomic E-state index is 13.0. The van der Waals surface area contributed by atoms with Gasteiger partial charge in [-0.05, 0) is 62.3 Å². The lowest BCUT2D eigenvalue weighted by molar-refractivity contribution is -0.131. The molecule has 9 heteroatoms. The number of hydrogen-bond acceptors (Lipinski definition) is 7. The molecule has 0 bridgehead atoms. The van der Waals surface area contributed by atoms with Gasteiger partial charge in [-0.15, -0.1) is 0 Å². The molecule has 9 nitrogen and oxygen atoms in total. The molecule has 38 heavy (non-hydrogen) atoms. The Morgan fingerprint density at radius 3 is 2.61 bits per heavy atom. The minimum Gasteiger partial charge on any atom is -0.457 e. The number of ether oxygens (including phenoxy) is 1. The lowest BCUT2D eigenvalue weighted by Crippen LogP contribution is -2.66. The van der Waals surface area contributed by atoms with Crippen molar-refractivity contribution in [2.75, 3.05) is 33.7 Å². The van der Waals surface area contributed by atoms with E-state index >= 15 is 0 Å². The van der Waals surface area contributed by atoms with Crippen molar-refractivity contribution < 1.29 is 14.3 Å². The van der Waals surface area contributed by atoms with Gasteiger partial charge in [-0.1, -0.05) is 36.4 Å². The Hall–Kier alpha value is -3.66. The summed E-state index contributed by atoms with van der Waals surface area (Å²) >= 11 is 0. The van der Waals surface area contributed by atoms with Gasteiger partial charge in [0.25, 0.3) is 5.91 Å². The Kier molecular flexibility index (Phi) is 7.78. The molecule has 0 spiro atoms. The van der Waals surface area contributed by atoms with Crippen LogP contribution in [0.2, 0.25) is 0 Å². The molecule has 3 heterocycles. The summed E-state index contributed by atoms with van der Waals surface area (Å²) in [6.07, 6.45) is 7.03. The van der Waals surface area contributed by atoms with Crippen molar-refractivity contribution in [1.82, 2.24) is 25.6 Å². The molecule has 2 amide bonds. The Bertz CT molecular complexity index is 1200. The van der Waals surface area contributed by atoms with Crippen LogP contribution in [-0.2, 0) is 9.59 Å². The van der Waals surface area contributed by atoms with Crippen LogP contribution < -0.4 is 21.3 Å². The van der Waals surface area contributed by atoms with Gasteiger partial charge < -0.3 is 25.2 Å². The molecule has 5 rings (SSSR count). The summed E-state index contributed by atoms with van der Waals surface area (Å²) < 4.78 is 5.95. The van der Waals surface area contributed by atoms with Crippen molar-refractivity contribution in [3.8, 4) is 11.5 Å². The summed E-state index contributed by atoms with van der Waals surface area (Å²) in [5.41, 5.74) is 14.1. The minimum absolute atomic E-state index is 0.0229. The topological polar surface area (TPSA) is 103 Å². The fourth-order valence-corrected chi connectivity index (χ4v) is 5.54. The molecule has 4 atom stereocenters. The van der Waals surface area contributed by atoms with Gasteiger partial charge in [0.05, 0.1) is 6.17 Å². The standard InChI is InChI=1S/C29H36N6O3/c1-33(2)16-7-11-25(36)35-17-6-8-21(35)18-34-19-24(26-27(34)29(37)32-31-28(26)30)20-12-14-23(15-13-20)38-22-9-4-3-5-10-22/h3-5,7,9-15,19,21,26-28,31H,6,8,16-18,30H2,1-2H3,(H,32,37)/b11-7+/t21-,26?,27?,28?/m0/s1. The van der Waals surface area contributed by atoms with Crippen molar-refractivity contribution in [1.29, 1.82) is 0 Å². The molecule has 0 aromatic heterocycles.